The normalized spacial score (nSPS) is 18.4. The molecule has 2 aliphatic rings. The molecule has 2 aromatic heterocycles. The minimum Gasteiger partial charge on any atom is -0.459 e. The number of aromatic nitrogens is 1. The summed E-state index contributed by atoms with van der Waals surface area (Å²) in [5.74, 6) is 0.944. The van der Waals surface area contributed by atoms with Crippen LogP contribution in [0.2, 0.25) is 5.02 Å². The van der Waals surface area contributed by atoms with Crippen LogP contribution in [0, 0.1) is 0 Å². The van der Waals surface area contributed by atoms with E-state index in [4.69, 9.17) is 20.8 Å². The first-order chi connectivity index (χ1) is 17.3. The van der Waals surface area contributed by atoms with Crippen molar-refractivity contribution in [1.29, 1.82) is 0 Å². The van der Waals surface area contributed by atoms with Gasteiger partial charge in [0.25, 0.3) is 5.56 Å². The lowest BCUT2D eigenvalue weighted by Gasteiger charge is -2.25. The van der Waals surface area contributed by atoms with Gasteiger partial charge in [-0.25, -0.2) is 9.79 Å². The van der Waals surface area contributed by atoms with E-state index < -0.39 is 12.0 Å². The molecule has 0 bridgehead atoms. The van der Waals surface area contributed by atoms with Crippen molar-refractivity contribution in [1.82, 2.24) is 4.57 Å². The molecule has 0 N–H and O–H groups in total. The lowest BCUT2D eigenvalue weighted by molar-refractivity contribution is -0.143. The largest absolute Gasteiger partial charge is 0.459 e. The fraction of sp³-hybridized carbons (Fsp3) is 0.370. The van der Waals surface area contributed by atoms with Crippen molar-refractivity contribution in [3.05, 3.63) is 83.7 Å². The lowest BCUT2D eigenvalue weighted by atomic mass is 9.96. The summed E-state index contributed by atoms with van der Waals surface area (Å²) in [4.78, 5) is 34.2. The number of thiazole rings is 1. The highest BCUT2D eigenvalue weighted by Gasteiger charge is 2.33. The Hall–Kier alpha value is -3.10. The number of ether oxygens (including phenoxy) is 1. The topological polar surface area (TPSA) is 77.0 Å². The van der Waals surface area contributed by atoms with Crippen LogP contribution in [0.25, 0.3) is 6.08 Å². The number of rotatable bonds is 5. The summed E-state index contributed by atoms with van der Waals surface area (Å²) in [5.41, 5.74) is 1.38. The first-order valence-corrected chi connectivity index (χ1v) is 13.3. The maximum atomic E-state index is 13.7. The molecule has 1 atom stereocenters. The number of hydrogen-bond donors (Lipinski definition) is 0. The molecule has 1 saturated heterocycles. The number of hydrogen-bond acceptors (Lipinski definition) is 7. The van der Waals surface area contributed by atoms with Crippen LogP contribution < -0.4 is 19.8 Å². The number of allylic oxidation sites excluding steroid dienone is 1. The van der Waals surface area contributed by atoms with E-state index in [1.165, 1.54) is 17.8 Å². The zero-order valence-corrected chi connectivity index (χ0v) is 22.1. The van der Waals surface area contributed by atoms with Crippen LogP contribution in [-0.4, -0.2) is 29.7 Å². The molecular weight excluding hydrogens is 498 g/mol. The molecule has 188 valence electrons. The number of anilines is 1. The van der Waals surface area contributed by atoms with Crippen LogP contribution in [-0.2, 0) is 9.53 Å². The summed E-state index contributed by atoms with van der Waals surface area (Å²) in [6, 6.07) is 10.3. The van der Waals surface area contributed by atoms with Gasteiger partial charge in [0.2, 0.25) is 0 Å². The number of benzene rings is 1. The minimum absolute atomic E-state index is 0.239. The maximum absolute atomic E-state index is 13.7. The van der Waals surface area contributed by atoms with Crippen molar-refractivity contribution in [2.24, 2.45) is 4.99 Å². The number of esters is 1. The first kappa shape index (κ1) is 24.6. The molecule has 1 fully saturated rings. The highest BCUT2D eigenvalue weighted by molar-refractivity contribution is 7.07. The molecule has 9 heteroatoms. The van der Waals surface area contributed by atoms with Crippen molar-refractivity contribution in [3.63, 3.8) is 0 Å². The van der Waals surface area contributed by atoms with Gasteiger partial charge in [-0.2, -0.15) is 0 Å². The first-order valence-electron chi connectivity index (χ1n) is 12.2. The lowest BCUT2D eigenvalue weighted by Crippen LogP contribution is -2.40. The second kappa shape index (κ2) is 10.1. The smallest absolute Gasteiger partial charge is 0.338 e. The van der Waals surface area contributed by atoms with E-state index >= 15 is 0 Å². The summed E-state index contributed by atoms with van der Waals surface area (Å²) >= 11 is 7.40. The molecule has 5 rings (SSSR count). The van der Waals surface area contributed by atoms with Gasteiger partial charge >= 0.3 is 5.97 Å². The summed E-state index contributed by atoms with van der Waals surface area (Å²) < 4.78 is 13.6. The zero-order chi connectivity index (χ0) is 25.4. The predicted octanol–water partition coefficient (Wildman–Crippen LogP) is 4.42. The van der Waals surface area contributed by atoms with E-state index in [0.29, 0.717) is 31.4 Å². The van der Waals surface area contributed by atoms with E-state index in [-0.39, 0.29) is 11.7 Å². The van der Waals surface area contributed by atoms with Crippen molar-refractivity contribution in [2.75, 3.05) is 18.0 Å². The van der Waals surface area contributed by atoms with Gasteiger partial charge in [-0.15, -0.1) is 0 Å². The van der Waals surface area contributed by atoms with Gasteiger partial charge in [-0.1, -0.05) is 35.1 Å². The Kier molecular flexibility index (Phi) is 6.90. The fourth-order valence-corrected chi connectivity index (χ4v) is 5.81. The summed E-state index contributed by atoms with van der Waals surface area (Å²) in [7, 11) is 0. The molecule has 0 amide bonds. The standard InChI is InChI=1S/C27H28ClN3O4S/c1-16(2)34-26(33)23-17(3)29-27-31(24(23)18-7-9-19(28)10-8-18)25(32)21(36-27)15-20-11-12-22(35-20)30-13-5-4-6-14-30/h7-12,15-16,24H,4-6,13-14H2,1-3H3/b21-15+. The summed E-state index contributed by atoms with van der Waals surface area (Å²) in [6.07, 6.45) is 5.00. The number of nitrogens with zero attached hydrogens (tertiary/aromatic N) is 3. The number of carbonyl (C=O) groups excluding carboxylic acids is 1. The van der Waals surface area contributed by atoms with E-state index in [1.54, 1.807) is 43.5 Å². The number of halogens is 1. The van der Waals surface area contributed by atoms with Crippen molar-refractivity contribution in [3.8, 4) is 0 Å². The van der Waals surface area contributed by atoms with Gasteiger partial charge in [0.1, 0.15) is 5.76 Å². The predicted molar refractivity (Wildman–Crippen MR) is 141 cm³/mol. The third-order valence-corrected chi connectivity index (χ3v) is 7.56. The fourth-order valence-electron chi connectivity index (χ4n) is 4.65. The van der Waals surface area contributed by atoms with E-state index in [0.717, 1.165) is 37.4 Å². The Balaban J connectivity index is 1.60. The van der Waals surface area contributed by atoms with Crippen molar-refractivity contribution >= 4 is 40.9 Å². The molecular formula is C27H28ClN3O4S. The quantitative estimate of drug-likeness (QED) is 0.461. The van der Waals surface area contributed by atoms with Crippen molar-refractivity contribution < 1.29 is 13.9 Å². The SMILES string of the molecule is CC1=C(C(=O)OC(C)C)C(c2ccc(Cl)cc2)n2c(s/c(=C/c3ccc(N4CCCCC4)o3)c2=O)=N1. The second-order valence-electron chi connectivity index (χ2n) is 9.31. The van der Waals surface area contributed by atoms with Crippen LogP contribution in [0.1, 0.15) is 57.4 Å². The molecule has 7 nitrogen and oxygen atoms in total. The molecule has 1 unspecified atom stereocenters. The van der Waals surface area contributed by atoms with Crippen molar-refractivity contribution in [2.45, 2.75) is 52.2 Å². The van der Waals surface area contributed by atoms with Gasteiger partial charge in [-0.3, -0.25) is 9.36 Å². The van der Waals surface area contributed by atoms with E-state index in [1.807, 2.05) is 24.3 Å². The molecule has 4 heterocycles. The molecule has 0 saturated carbocycles. The van der Waals surface area contributed by atoms with Gasteiger partial charge < -0.3 is 14.1 Å². The monoisotopic (exact) mass is 525 g/mol. The van der Waals surface area contributed by atoms with Gasteiger partial charge in [0.15, 0.2) is 10.7 Å². The molecule has 1 aromatic carbocycles. The Morgan fingerprint density at radius 2 is 1.89 bits per heavy atom. The maximum Gasteiger partial charge on any atom is 0.338 e. The van der Waals surface area contributed by atoms with Crippen LogP contribution in [0.5, 0.6) is 0 Å². The van der Waals surface area contributed by atoms with Gasteiger partial charge in [0.05, 0.1) is 27.9 Å². The summed E-state index contributed by atoms with van der Waals surface area (Å²) in [5, 5.41) is 0.570. The minimum atomic E-state index is -0.674. The Morgan fingerprint density at radius 1 is 1.17 bits per heavy atom. The molecule has 0 radical (unpaired) electrons. The molecule has 0 aliphatic carbocycles. The average molecular weight is 526 g/mol. The van der Waals surface area contributed by atoms with Crippen LogP contribution in [0.3, 0.4) is 0 Å². The number of fused-ring (bicyclic) bond motifs is 1. The Morgan fingerprint density at radius 3 is 2.58 bits per heavy atom. The number of furan rings is 1. The summed E-state index contributed by atoms with van der Waals surface area (Å²) in [6.45, 7) is 7.31. The molecule has 2 aliphatic heterocycles. The van der Waals surface area contributed by atoms with E-state index in [9.17, 15) is 9.59 Å². The Labute approximate surface area is 218 Å². The number of piperidine rings is 1. The third kappa shape index (κ3) is 4.80. The second-order valence-corrected chi connectivity index (χ2v) is 10.8. The Bertz CT molecular complexity index is 1490. The van der Waals surface area contributed by atoms with Gasteiger partial charge in [0, 0.05) is 30.3 Å². The van der Waals surface area contributed by atoms with E-state index in [2.05, 4.69) is 9.89 Å². The van der Waals surface area contributed by atoms with Crippen LogP contribution >= 0.6 is 22.9 Å². The molecule has 3 aromatic rings. The van der Waals surface area contributed by atoms with Crippen LogP contribution in [0.4, 0.5) is 5.88 Å². The third-order valence-electron chi connectivity index (χ3n) is 6.32. The molecule has 0 spiro atoms. The highest BCUT2D eigenvalue weighted by Crippen LogP contribution is 2.31. The average Bonchev–Trinajstić information content (AvgIpc) is 3.43. The van der Waals surface area contributed by atoms with Gasteiger partial charge in [-0.05, 0) is 63.8 Å². The highest BCUT2D eigenvalue weighted by atomic mass is 35.5. The molecule has 36 heavy (non-hydrogen) atoms. The zero-order valence-electron chi connectivity index (χ0n) is 20.5. The number of carbonyl (C=O) groups is 1. The van der Waals surface area contributed by atoms with Crippen LogP contribution in [0.15, 0.2) is 61.9 Å².